The second kappa shape index (κ2) is 10.2. The Balaban J connectivity index is 0.00000300. The maximum absolute atomic E-state index is 12.9. The third-order valence-electron chi connectivity index (χ3n) is 5.70. The number of halogens is 1. The van der Waals surface area contributed by atoms with Crippen molar-refractivity contribution >= 4 is 18.3 Å². The predicted octanol–water partition coefficient (Wildman–Crippen LogP) is 2.71. The van der Waals surface area contributed by atoms with Crippen molar-refractivity contribution in [2.45, 2.75) is 53.4 Å². The largest absolute Gasteiger partial charge is 0.342 e. The van der Waals surface area contributed by atoms with Gasteiger partial charge in [0, 0.05) is 35.7 Å². The van der Waals surface area contributed by atoms with Gasteiger partial charge in [-0.3, -0.25) is 4.79 Å². The standard InChI is InChI=1S/C21H32N6O.ClH/c1-14-12-15(2)24-21(23-14)27-17(4)19(16(3)25-27)13-20(28)26-10-7-18(8-11-26)6-9-22-5;/h12,18,22H,6-11,13H2,1-5H3;1H. The molecule has 1 N–H and O–H groups in total. The molecule has 3 heterocycles. The smallest absolute Gasteiger partial charge is 0.251 e. The van der Waals surface area contributed by atoms with Gasteiger partial charge in [-0.1, -0.05) is 0 Å². The fourth-order valence-electron chi connectivity index (χ4n) is 4.01. The summed E-state index contributed by atoms with van der Waals surface area (Å²) in [5, 5.41) is 7.84. The zero-order chi connectivity index (χ0) is 20.3. The molecule has 1 fully saturated rings. The number of nitrogens with one attached hydrogen (secondary N) is 1. The van der Waals surface area contributed by atoms with Crippen LogP contribution in [0.2, 0.25) is 0 Å². The van der Waals surface area contributed by atoms with Gasteiger partial charge in [0.2, 0.25) is 5.91 Å². The Kier molecular flexibility index (Phi) is 8.16. The van der Waals surface area contributed by atoms with E-state index in [1.807, 2.05) is 45.7 Å². The highest BCUT2D eigenvalue weighted by Gasteiger charge is 2.25. The van der Waals surface area contributed by atoms with Crippen LogP contribution < -0.4 is 5.32 Å². The van der Waals surface area contributed by atoms with Crippen LogP contribution in [0.4, 0.5) is 0 Å². The van der Waals surface area contributed by atoms with Crippen LogP contribution in [0.15, 0.2) is 6.07 Å². The van der Waals surface area contributed by atoms with E-state index in [1.165, 1.54) is 6.42 Å². The summed E-state index contributed by atoms with van der Waals surface area (Å²) in [6.45, 7) is 10.6. The van der Waals surface area contributed by atoms with Gasteiger partial charge in [-0.2, -0.15) is 5.10 Å². The lowest BCUT2D eigenvalue weighted by atomic mass is 9.93. The Morgan fingerprint density at radius 3 is 2.34 bits per heavy atom. The third kappa shape index (κ3) is 5.54. The number of carbonyl (C=O) groups excluding carboxylic acids is 1. The van der Waals surface area contributed by atoms with E-state index in [9.17, 15) is 4.79 Å². The minimum absolute atomic E-state index is 0. The number of piperidine rings is 1. The van der Waals surface area contributed by atoms with E-state index in [0.717, 1.165) is 66.7 Å². The second-order valence-electron chi connectivity index (χ2n) is 7.91. The van der Waals surface area contributed by atoms with Gasteiger partial charge >= 0.3 is 0 Å². The predicted molar refractivity (Wildman–Crippen MR) is 117 cm³/mol. The van der Waals surface area contributed by atoms with Gasteiger partial charge in [0.1, 0.15) is 0 Å². The number of rotatable bonds is 6. The molecule has 7 nitrogen and oxygen atoms in total. The summed E-state index contributed by atoms with van der Waals surface area (Å²) in [6.07, 6.45) is 3.78. The highest BCUT2D eigenvalue weighted by Crippen LogP contribution is 2.22. The van der Waals surface area contributed by atoms with Gasteiger partial charge in [-0.25, -0.2) is 14.6 Å². The van der Waals surface area contributed by atoms with Gasteiger partial charge < -0.3 is 10.2 Å². The summed E-state index contributed by atoms with van der Waals surface area (Å²) in [5.41, 5.74) is 4.63. The van der Waals surface area contributed by atoms with Gasteiger partial charge in [0.15, 0.2) is 0 Å². The molecule has 0 radical (unpaired) electrons. The molecule has 0 aromatic carbocycles. The van der Waals surface area contributed by atoms with Crippen LogP contribution in [0.25, 0.3) is 5.95 Å². The normalized spacial score (nSPS) is 14.7. The quantitative estimate of drug-likeness (QED) is 0.777. The minimum atomic E-state index is 0. The number of likely N-dealkylation sites (tertiary alicyclic amines) is 1. The molecule has 1 amide bonds. The zero-order valence-electron chi connectivity index (χ0n) is 18.2. The van der Waals surface area contributed by atoms with Crippen LogP contribution in [0.1, 0.15) is 47.6 Å². The van der Waals surface area contributed by atoms with E-state index in [-0.39, 0.29) is 18.3 Å². The maximum Gasteiger partial charge on any atom is 0.251 e. The molecule has 0 unspecified atom stereocenters. The van der Waals surface area contributed by atoms with Crippen molar-refractivity contribution < 1.29 is 4.79 Å². The summed E-state index contributed by atoms with van der Waals surface area (Å²) in [7, 11) is 1.99. The Bertz CT molecular complexity index is 822. The average molecular weight is 421 g/mol. The number of amides is 1. The summed E-state index contributed by atoms with van der Waals surface area (Å²) >= 11 is 0. The molecule has 1 aliphatic rings. The van der Waals surface area contributed by atoms with E-state index in [1.54, 1.807) is 4.68 Å². The van der Waals surface area contributed by atoms with Crippen molar-refractivity contribution in [1.82, 2.24) is 30.0 Å². The summed E-state index contributed by atoms with van der Waals surface area (Å²) in [4.78, 5) is 23.9. The molecule has 2 aromatic rings. The van der Waals surface area contributed by atoms with Crippen LogP contribution in [-0.4, -0.2) is 57.2 Å². The summed E-state index contributed by atoms with van der Waals surface area (Å²) in [6, 6.07) is 1.94. The summed E-state index contributed by atoms with van der Waals surface area (Å²) < 4.78 is 1.77. The SMILES string of the molecule is CNCCC1CCN(C(=O)Cc2c(C)nn(-c3nc(C)cc(C)n3)c2C)CC1.Cl. The summed E-state index contributed by atoms with van der Waals surface area (Å²) in [5.74, 6) is 1.49. The van der Waals surface area contributed by atoms with Crippen LogP contribution in [-0.2, 0) is 11.2 Å². The van der Waals surface area contributed by atoms with Gasteiger partial charge in [-0.15, -0.1) is 12.4 Å². The molecule has 29 heavy (non-hydrogen) atoms. The molecule has 3 rings (SSSR count). The van der Waals surface area contributed by atoms with Crippen LogP contribution >= 0.6 is 12.4 Å². The molecule has 2 aromatic heterocycles. The first-order chi connectivity index (χ1) is 13.4. The molecule has 0 spiro atoms. The lowest BCUT2D eigenvalue weighted by Gasteiger charge is -2.32. The number of nitrogens with zero attached hydrogens (tertiary/aromatic N) is 5. The van der Waals surface area contributed by atoms with Crippen LogP contribution in [0.5, 0.6) is 0 Å². The van der Waals surface area contributed by atoms with Crippen molar-refractivity contribution in [1.29, 1.82) is 0 Å². The van der Waals surface area contributed by atoms with E-state index in [4.69, 9.17) is 0 Å². The van der Waals surface area contributed by atoms with Crippen molar-refractivity contribution in [3.8, 4) is 5.95 Å². The van der Waals surface area contributed by atoms with E-state index in [2.05, 4.69) is 20.4 Å². The number of carbonyl (C=O) groups is 1. The number of aryl methyl sites for hydroxylation is 3. The van der Waals surface area contributed by atoms with Crippen LogP contribution in [0.3, 0.4) is 0 Å². The molecule has 1 saturated heterocycles. The van der Waals surface area contributed by atoms with Gasteiger partial charge in [-0.05, 0) is 72.5 Å². The van der Waals surface area contributed by atoms with Crippen molar-refractivity contribution in [2.24, 2.45) is 5.92 Å². The second-order valence-corrected chi connectivity index (χ2v) is 7.91. The highest BCUT2D eigenvalue weighted by molar-refractivity contribution is 5.85. The zero-order valence-corrected chi connectivity index (χ0v) is 19.0. The first kappa shape index (κ1) is 23.3. The molecule has 0 aliphatic carbocycles. The Morgan fingerprint density at radius 2 is 1.76 bits per heavy atom. The third-order valence-corrected chi connectivity index (χ3v) is 5.70. The van der Waals surface area contributed by atoms with Crippen molar-refractivity contribution in [3.05, 3.63) is 34.4 Å². The molecular formula is C21H33ClN6O. The Morgan fingerprint density at radius 1 is 1.14 bits per heavy atom. The van der Waals surface area contributed by atoms with E-state index >= 15 is 0 Å². The Labute approximate surface area is 179 Å². The first-order valence-corrected chi connectivity index (χ1v) is 10.2. The van der Waals surface area contributed by atoms with E-state index in [0.29, 0.717) is 12.4 Å². The Hall–Kier alpha value is -1.99. The molecule has 0 bridgehead atoms. The fraction of sp³-hybridized carbons (Fsp3) is 0.619. The maximum atomic E-state index is 12.9. The molecular weight excluding hydrogens is 388 g/mol. The highest BCUT2D eigenvalue weighted by atomic mass is 35.5. The molecule has 0 saturated carbocycles. The lowest BCUT2D eigenvalue weighted by Crippen LogP contribution is -2.39. The average Bonchev–Trinajstić information content (AvgIpc) is 2.94. The van der Waals surface area contributed by atoms with Crippen molar-refractivity contribution in [2.75, 3.05) is 26.7 Å². The van der Waals surface area contributed by atoms with Gasteiger partial charge in [0.05, 0.1) is 12.1 Å². The van der Waals surface area contributed by atoms with Gasteiger partial charge in [0.25, 0.3) is 5.95 Å². The van der Waals surface area contributed by atoms with Crippen molar-refractivity contribution in [3.63, 3.8) is 0 Å². The van der Waals surface area contributed by atoms with Crippen LogP contribution in [0, 0.1) is 33.6 Å². The number of hydrogen-bond donors (Lipinski definition) is 1. The lowest BCUT2D eigenvalue weighted by molar-refractivity contribution is -0.131. The molecule has 0 atom stereocenters. The monoisotopic (exact) mass is 420 g/mol. The minimum Gasteiger partial charge on any atom is -0.342 e. The number of aromatic nitrogens is 4. The number of hydrogen-bond acceptors (Lipinski definition) is 5. The molecule has 1 aliphatic heterocycles. The first-order valence-electron chi connectivity index (χ1n) is 10.2. The fourth-order valence-corrected chi connectivity index (χ4v) is 4.01. The molecule has 160 valence electrons. The molecule has 8 heteroatoms. The topological polar surface area (TPSA) is 75.9 Å². The van der Waals surface area contributed by atoms with E-state index < -0.39 is 0 Å².